The Morgan fingerprint density at radius 2 is 1.78 bits per heavy atom. The van der Waals surface area contributed by atoms with Gasteiger partial charge in [-0.15, -0.1) is 0 Å². The van der Waals surface area contributed by atoms with Gasteiger partial charge in [0.15, 0.2) is 0 Å². The highest BCUT2D eigenvalue weighted by Gasteiger charge is 2.23. The van der Waals surface area contributed by atoms with Gasteiger partial charge in [0.1, 0.15) is 6.10 Å². The summed E-state index contributed by atoms with van der Waals surface area (Å²) in [5, 5.41) is 11.8. The highest BCUT2D eigenvalue weighted by molar-refractivity contribution is 5.91. The van der Waals surface area contributed by atoms with Crippen LogP contribution in [0, 0.1) is 0 Å². The SMILES string of the molecule is CN(CCCO)C(=O)CCN1CCC(OC(=O)Nc2ccccc2-c2ccccc2)CC1. The molecule has 0 aliphatic carbocycles. The normalized spacial score (nSPS) is 14.7. The van der Waals surface area contributed by atoms with E-state index in [0.717, 1.165) is 42.7 Å². The van der Waals surface area contributed by atoms with E-state index >= 15 is 0 Å². The Morgan fingerprint density at radius 1 is 1.09 bits per heavy atom. The fourth-order valence-corrected chi connectivity index (χ4v) is 3.88. The van der Waals surface area contributed by atoms with Crippen LogP contribution in [-0.2, 0) is 9.53 Å². The van der Waals surface area contributed by atoms with E-state index in [1.807, 2.05) is 54.6 Å². The topological polar surface area (TPSA) is 82.1 Å². The summed E-state index contributed by atoms with van der Waals surface area (Å²) in [6.07, 6.45) is 2.00. The zero-order chi connectivity index (χ0) is 22.8. The van der Waals surface area contributed by atoms with Crippen LogP contribution in [0.15, 0.2) is 54.6 Å². The number of anilines is 1. The van der Waals surface area contributed by atoms with Gasteiger partial charge in [-0.25, -0.2) is 4.79 Å². The van der Waals surface area contributed by atoms with Gasteiger partial charge < -0.3 is 19.6 Å². The van der Waals surface area contributed by atoms with Crippen molar-refractivity contribution in [2.75, 3.05) is 45.2 Å². The predicted octanol–water partition coefficient (Wildman–Crippen LogP) is 3.60. The summed E-state index contributed by atoms with van der Waals surface area (Å²) in [5.74, 6) is 0.0910. The first-order valence-electron chi connectivity index (χ1n) is 11.3. The molecule has 0 unspecified atom stereocenters. The number of nitrogens with zero attached hydrogens (tertiary/aromatic N) is 2. The standard InChI is InChI=1S/C25H33N3O4/c1-27(15-7-19-29)24(30)14-18-28-16-12-21(13-17-28)32-25(31)26-23-11-6-5-10-22(23)20-8-3-2-4-9-20/h2-6,8-11,21,29H,7,12-19H2,1H3,(H,26,31). The molecule has 1 aliphatic heterocycles. The van der Waals surface area contributed by atoms with Crippen LogP contribution in [0.4, 0.5) is 10.5 Å². The van der Waals surface area contributed by atoms with Crippen LogP contribution in [0.3, 0.4) is 0 Å². The van der Waals surface area contributed by atoms with E-state index in [1.165, 1.54) is 0 Å². The van der Waals surface area contributed by atoms with E-state index in [0.29, 0.717) is 25.9 Å². The molecule has 0 atom stereocenters. The molecule has 7 nitrogen and oxygen atoms in total. The van der Waals surface area contributed by atoms with Gasteiger partial charge in [0.05, 0.1) is 5.69 Å². The first-order chi connectivity index (χ1) is 15.6. The molecule has 32 heavy (non-hydrogen) atoms. The van der Waals surface area contributed by atoms with Crippen molar-refractivity contribution in [1.82, 2.24) is 9.80 Å². The smallest absolute Gasteiger partial charge is 0.411 e. The summed E-state index contributed by atoms with van der Waals surface area (Å²) >= 11 is 0. The van der Waals surface area contributed by atoms with Crippen molar-refractivity contribution in [3.63, 3.8) is 0 Å². The average Bonchev–Trinajstić information content (AvgIpc) is 2.82. The molecule has 3 rings (SSSR count). The van der Waals surface area contributed by atoms with Crippen molar-refractivity contribution in [2.24, 2.45) is 0 Å². The number of piperidine rings is 1. The molecule has 1 fully saturated rings. The van der Waals surface area contributed by atoms with Crippen molar-refractivity contribution in [3.8, 4) is 11.1 Å². The molecular weight excluding hydrogens is 406 g/mol. The number of carbonyl (C=O) groups is 2. The number of carbonyl (C=O) groups excluding carboxylic acids is 2. The third kappa shape index (κ3) is 7.07. The summed E-state index contributed by atoms with van der Waals surface area (Å²) in [5.41, 5.74) is 2.71. The largest absolute Gasteiger partial charge is 0.446 e. The number of likely N-dealkylation sites (tertiary alicyclic amines) is 1. The van der Waals surface area contributed by atoms with E-state index in [1.54, 1.807) is 11.9 Å². The van der Waals surface area contributed by atoms with E-state index in [-0.39, 0.29) is 18.6 Å². The van der Waals surface area contributed by atoms with Gasteiger partial charge in [0.2, 0.25) is 5.91 Å². The van der Waals surface area contributed by atoms with Crippen LogP contribution >= 0.6 is 0 Å². The van der Waals surface area contributed by atoms with Crippen LogP contribution in [0.2, 0.25) is 0 Å². The molecule has 1 aliphatic rings. The molecule has 2 aromatic rings. The monoisotopic (exact) mass is 439 g/mol. The highest BCUT2D eigenvalue weighted by atomic mass is 16.6. The van der Waals surface area contributed by atoms with Crippen LogP contribution in [0.25, 0.3) is 11.1 Å². The summed E-state index contributed by atoms with van der Waals surface area (Å²) < 4.78 is 5.67. The minimum Gasteiger partial charge on any atom is -0.446 e. The third-order valence-corrected chi connectivity index (χ3v) is 5.78. The Morgan fingerprint density at radius 3 is 2.50 bits per heavy atom. The molecule has 1 heterocycles. The van der Waals surface area contributed by atoms with Crippen molar-refractivity contribution < 1.29 is 19.4 Å². The zero-order valence-electron chi connectivity index (χ0n) is 18.7. The lowest BCUT2D eigenvalue weighted by molar-refractivity contribution is -0.130. The lowest BCUT2D eigenvalue weighted by atomic mass is 10.0. The van der Waals surface area contributed by atoms with Crippen molar-refractivity contribution in [2.45, 2.75) is 31.8 Å². The molecule has 1 saturated heterocycles. The zero-order valence-corrected chi connectivity index (χ0v) is 18.7. The second-order valence-electron chi connectivity index (χ2n) is 8.13. The molecular formula is C25H33N3O4. The predicted molar refractivity (Wildman–Crippen MR) is 125 cm³/mol. The van der Waals surface area contributed by atoms with Gasteiger partial charge in [-0.05, 0) is 30.9 Å². The molecule has 2 aromatic carbocycles. The van der Waals surface area contributed by atoms with Crippen molar-refractivity contribution >= 4 is 17.7 Å². The quantitative estimate of drug-likeness (QED) is 0.624. The van der Waals surface area contributed by atoms with Crippen LogP contribution in [-0.4, -0.2) is 72.8 Å². The van der Waals surface area contributed by atoms with E-state index in [9.17, 15) is 9.59 Å². The Hall–Kier alpha value is -2.90. The Kier molecular flexibility index (Phi) is 9.07. The second-order valence-corrected chi connectivity index (χ2v) is 8.13. The summed E-state index contributed by atoms with van der Waals surface area (Å²) in [6, 6.07) is 17.6. The Balaban J connectivity index is 1.42. The fraction of sp³-hybridized carbons (Fsp3) is 0.440. The Bertz CT molecular complexity index is 867. The maximum atomic E-state index is 12.5. The van der Waals surface area contributed by atoms with E-state index in [4.69, 9.17) is 9.84 Å². The van der Waals surface area contributed by atoms with Gasteiger partial charge in [0.25, 0.3) is 0 Å². The number of hydrogen-bond donors (Lipinski definition) is 2. The lowest BCUT2D eigenvalue weighted by Crippen LogP contribution is -2.40. The average molecular weight is 440 g/mol. The van der Waals surface area contributed by atoms with Crippen LogP contribution in [0.1, 0.15) is 25.7 Å². The molecule has 172 valence electrons. The first-order valence-corrected chi connectivity index (χ1v) is 11.3. The lowest BCUT2D eigenvalue weighted by Gasteiger charge is -2.31. The number of ether oxygens (including phenoxy) is 1. The van der Waals surface area contributed by atoms with Gasteiger partial charge in [-0.3, -0.25) is 10.1 Å². The number of para-hydroxylation sites is 1. The summed E-state index contributed by atoms with van der Waals surface area (Å²) in [6.45, 7) is 2.97. The number of nitrogens with one attached hydrogen (secondary N) is 1. The molecule has 0 bridgehead atoms. The summed E-state index contributed by atoms with van der Waals surface area (Å²) in [4.78, 5) is 28.6. The number of benzene rings is 2. The van der Waals surface area contributed by atoms with E-state index < -0.39 is 6.09 Å². The van der Waals surface area contributed by atoms with Gasteiger partial charge in [-0.1, -0.05) is 48.5 Å². The maximum Gasteiger partial charge on any atom is 0.411 e. The van der Waals surface area contributed by atoms with Gasteiger partial charge in [0, 0.05) is 51.8 Å². The molecule has 2 N–H and O–H groups in total. The van der Waals surface area contributed by atoms with Crippen LogP contribution in [0.5, 0.6) is 0 Å². The summed E-state index contributed by atoms with van der Waals surface area (Å²) in [7, 11) is 1.77. The number of amides is 2. The highest BCUT2D eigenvalue weighted by Crippen LogP contribution is 2.28. The fourth-order valence-electron chi connectivity index (χ4n) is 3.88. The molecule has 2 amide bonds. The van der Waals surface area contributed by atoms with Crippen molar-refractivity contribution in [3.05, 3.63) is 54.6 Å². The number of rotatable bonds is 9. The number of aliphatic hydroxyl groups is 1. The first kappa shape index (κ1) is 23.8. The molecule has 0 aromatic heterocycles. The second kappa shape index (κ2) is 12.2. The van der Waals surface area contributed by atoms with Crippen molar-refractivity contribution in [1.29, 1.82) is 0 Å². The number of aliphatic hydroxyl groups excluding tert-OH is 1. The Labute approximate surface area is 190 Å². The molecule has 0 saturated carbocycles. The molecule has 0 spiro atoms. The van der Waals surface area contributed by atoms with Gasteiger partial charge >= 0.3 is 6.09 Å². The molecule has 0 radical (unpaired) electrons. The minimum atomic E-state index is -0.437. The maximum absolute atomic E-state index is 12.5. The van der Waals surface area contributed by atoms with Crippen LogP contribution < -0.4 is 5.32 Å². The van der Waals surface area contributed by atoms with E-state index in [2.05, 4.69) is 10.2 Å². The third-order valence-electron chi connectivity index (χ3n) is 5.78. The minimum absolute atomic E-state index is 0.0910. The number of hydrogen-bond acceptors (Lipinski definition) is 5. The molecule has 7 heteroatoms. The van der Waals surface area contributed by atoms with Gasteiger partial charge in [-0.2, -0.15) is 0 Å².